The summed E-state index contributed by atoms with van der Waals surface area (Å²) in [6, 6.07) is 13.5. The zero-order chi connectivity index (χ0) is 19.7. The van der Waals surface area contributed by atoms with Crippen LogP contribution in [-0.2, 0) is 6.54 Å². The van der Waals surface area contributed by atoms with E-state index in [-0.39, 0.29) is 17.9 Å². The van der Waals surface area contributed by atoms with Gasteiger partial charge in [0.1, 0.15) is 17.1 Å². The van der Waals surface area contributed by atoms with Crippen LogP contribution in [0.4, 0.5) is 4.39 Å². The smallest absolute Gasteiger partial charge is 0.276 e. The van der Waals surface area contributed by atoms with Crippen LogP contribution < -0.4 is 10.3 Å². The van der Waals surface area contributed by atoms with Crippen molar-refractivity contribution >= 4 is 17.1 Å². The summed E-state index contributed by atoms with van der Waals surface area (Å²) in [5.74, 6) is 0.261. The van der Waals surface area contributed by atoms with E-state index in [1.165, 1.54) is 15.1 Å². The van der Waals surface area contributed by atoms with Crippen molar-refractivity contribution in [2.75, 3.05) is 6.61 Å². The molecule has 0 unspecified atom stereocenters. The summed E-state index contributed by atoms with van der Waals surface area (Å²) in [5, 5.41) is 4.94. The van der Waals surface area contributed by atoms with Crippen LogP contribution in [0.5, 0.6) is 5.75 Å². The summed E-state index contributed by atoms with van der Waals surface area (Å²) in [6.45, 7) is 2.56. The zero-order valence-electron chi connectivity index (χ0n) is 15.1. The number of nitrogens with zero attached hydrogens (tertiary/aromatic N) is 3. The van der Waals surface area contributed by atoms with Crippen molar-refractivity contribution in [1.82, 2.24) is 14.2 Å². The first kappa shape index (κ1) is 18.3. The van der Waals surface area contributed by atoms with E-state index in [1.807, 2.05) is 13.0 Å². The Morgan fingerprint density at radius 1 is 1.14 bits per heavy atom. The van der Waals surface area contributed by atoms with Crippen molar-refractivity contribution in [3.63, 3.8) is 0 Å². The van der Waals surface area contributed by atoms with E-state index in [0.717, 1.165) is 5.56 Å². The number of rotatable bonds is 5. The molecule has 5 nitrogen and oxygen atoms in total. The Kier molecular flexibility index (Phi) is 4.88. The minimum Gasteiger partial charge on any atom is -0.492 e. The van der Waals surface area contributed by atoms with Gasteiger partial charge in [-0.3, -0.25) is 4.79 Å². The maximum atomic E-state index is 13.9. The fraction of sp³-hybridized carbons (Fsp3) is 0.143. The van der Waals surface area contributed by atoms with E-state index < -0.39 is 0 Å². The van der Waals surface area contributed by atoms with Gasteiger partial charge in [0, 0.05) is 23.5 Å². The van der Waals surface area contributed by atoms with Crippen LogP contribution >= 0.6 is 11.6 Å². The maximum Gasteiger partial charge on any atom is 0.276 e. The Labute approximate surface area is 165 Å². The quantitative estimate of drug-likeness (QED) is 0.501. The average Bonchev–Trinajstić information content (AvgIpc) is 3.13. The van der Waals surface area contributed by atoms with Crippen molar-refractivity contribution in [3.8, 4) is 17.0 Å². The molecule has 0 N–H and O–H groups in total. The third kappa shape index (κ3) is 3.39. The van der Waals surface area contributed by atoms with E-state index in [2.05, 4.69) is 5.10 Å². The molecule has 0 bridgehead atoms. The topological polar surface area (TPSA) is 48.5 Å². The molecule has 7 heteroatoms. The van der Waals surface area contributed by atoms with E-state index in [4.69, 9.17) is 16.3 Å². The van der Waals surface area contributed by atoms with Crippen molar-refractivity contribution in [2.45, 2.75) is 13.5 Å². The predicted octanol–water partition coefficient (Wildman–Crippen LogP) is 4.40. The average molecular weight is 398 g/mol. The summed E-state index contributed by atoms with van der Waals surface area (Å²) in [4.78, 5) is 12.8. The van der Waals surface area contributed by atoms with Gasteiger partial charge in [-0.15, -0.1) is 0 Å². The Morgan fingerprint density at radius 3 is 2.71 bits per heavy atom. The molecule has 0 saturated heterocycles. The number of benzene rings is 2. The lowest BCUT2D eigenvalue weighted by atomic mass is 10.1. The molecule has 0 radical (unpaired) electrons. The van der Waals surface area contributed by atoms with Crippen LogP contribution in [0.15, 0.2) is 65.7 Å². The lowest BCUT2D eigenvalue weighted by Gasteiger charge is -2.07. The van der Waals surface area contributed by atoms with Crippen molar-refractivity contribution in [3.05, 3.63) is 87.7 Å². The normalized spacial score (nSPS) is 11.1. The molecule has 0 spiro atoms. The first-order valence-corrected chi connectivity index (χ1v) is 9.19. The third-order valence-electron chi connectivity index (χ3n) is 4.43. The SMILES string of the molecule is CCOc1ccc(-c2cc3c(=O)n(Cc4ccccc4F)ccn3n2)cc1Cl. The zero-order valence-corrected chi connectivity index (χ0v) is 15.9. The molecule has 28 heavy (non-hydrogen) atoms. The number of aromatic nitrogens is 3. The molecule has 0 saturated carbocycles. The summed E-state index contributed by atoms with van der Waals surface area (Å²) < 4.78 is 22.3. The van der Waals surface area contributed by atoms with Gasteiger partial charge in [0.15, 0.2) is 0 Å². The second kappa shape index (κ2) is 7.48. The molecule has 4 rings (SSSR count). The Morgan fingerprint density at radius 2 is 1.96 bits per heavy atom. The van der Waals surface area contributed by atoms with Crippen molar-refractivity contribution in [1.29, 1.82) is 0 Å². The lowest BCUT2D eigenvalue weighted by molar-refractivity contribution is 0.340. The van der Waals surface area contributed by atoms with Crippen LogP contribution in [-0.4, -0.2) is 20.8 Å². The fourth-order valence-electron chi connectivity index (χ4n) is 3.03. The molecule has 2 aromatic heterocycles. The fourth-order valence-corrected chi connectivity index (χ4v) is 3.27. The maximum absolute atomic E-state index is 13.9. The highest BCUT2D eigenvalue weighted by Crippen LogP contribution is 2.30. The van der Waals surface area contributed by atoms with Gasteiger partial charge >= 0.3 is 0 Å². The molecule has 2 heterocycles. The molecule has 2 aromatic carbocycles. The summed E-state index contributed by atoms with van der Waals surface area (Å²) in [5.41, 5.74) is 2.00. The number of hydrogen-bond donors (Lipinski definition) is 0. The van der Waals surface area contributed by atoms with E-state index >= 15 is 0 Å². The van der Waals surface area contributed by atoms with Crippen molar-refractivity contribution in [2.24, 2.45) is 0 Å². The van der Waals surface area contributed by atoms with E-state index in [0.29, 0.717) is 34.2 Å². The first-order chi connectivity index (χ1) is 13.6. The molecular formula is C21H17ClFN3O2. The van der Waals surface area contributed by atoms with E-state index in [9.17, 15) is 9.18 Å². The Hall–Kier alpha value is -3.12. The van der Waals surface area contributed by atoms with Gasteiger partial charge in [-0.25, -0.2) is 8.91 Å². The number of ether oxygens (including phenoxy) is 1. The summed E-state index contributed by atoms with van der Waals surface area (Å²) in [6.07, 6.45) is 3.28. The highest BCUT2D eigenvalue weighted by molar-refractivity contribution is 6.32. The molecule has 0 atom stereocenters. The van der Waals surface area contributed by atoms with Gasteiger partial charge in [0.05, 0.1) is 23.9 Å². The molecule has 0 aliphatic rings. The highest BCUT2D eigenvalue weighted by atomic mass is 35.5. The molecular weight excluding hydrogens is 381 g/mol. The molecule has 0 amide bonds. The summed E-state index contributed by atoms with van der Waals surface area (Å²) in [7, 11) is 0. The monoisotopic (exact) mass is 397 g/mol. The van der Waals surface area contributed by atoms with Gasteiger partial charge in [0.2, 0.25) is 0 Å². The molecule has 0 fully saturated rings. The van der Waals surface area contributed by atoms with Crippen LogP contribution in [0.3, 0.4) is 0 Å². The van der Waals surface area contributed by atoms with Crippen LogP contribution in [0.2, 0.25) is 5.02 Å². The molecule has 4 aromatic rings. The van der Waals surface area contributed by atoms with Crippen LogP contribution in [0.25, 0.3) is 16.8 Å². The largest absolute Gasteiger partial charge is 0.492 e. The molecule has 0 aliphatic heterocycles. The van der Waals surface area contributed by atoms with Gasteiger partial charge in [0.25, 0.3) is 5.56 Å². The Bertz CT molecular complexity index is 1220. The van der Waals surface area contributed by atoms with Gasteiger partial charge < -0.3 is 9.30 Å². The molecule has 142 valence electrons. The van der Waals surface area contributed by atoms with Gasteiger partial charge in [-0.05, 0) is 37.3 Å². The standard InChI is InChI=1S/C21H17ClFN3O2/c1-2-28-20-8-7-14(11-16(20)22)18-12-19-21(27)25(9-10-26(19)24-18)13-15-5-3-4-6-17(15)23/h3-12H,2,13H2,1H3. The van der Waals surface area contributed by atoms with Crippen LogP contribution in [0.1, 0.15) is 12.5 Å². The third-order valence-corrected chi connectivity index (χ3v) is 4.72. The minimum atomic E-state index is -0.340. The first-order valence-electron chi connectivity index (χ1n) is 8.82. The predicted molar refractivity (Wildman–Crippen MR) is 107 cm³/mol. The number of fused-ring (bicyclic) bond motifs is 1. The highest BCUT2D eigenvalue weighted by Gasteiger charge is 2.12. The Balaban J connectivity index is 1.72. The minimum absolute atomic E-state index is 0.150. The van der Waals surface area contributed by atoms with E-state index in [1.54, 1.807) is 48.8 Å². The van der Waals surface area contributed by atoms with Crippen molar-refractivity contribution < 1.29 is 9.13 Å². The van der Waals surface area contributed by atoms with Gasteiger partial charge in [-0.2, -0.15) is 5.10 Å². The van der Waals surface area contributed by atoms with Gasteiger partial charge in [-0.1, -0.05) is 29.8 Å². The number of halogens is 2. The molecule has 0 aliphatic carbocycles. The van der Waals surface area contributed by atoms with Crippen LogP contribution in [0, 0.1) is 5.82 Å². The second-order valence-corrected chi connectivity index (χ2v) is 6.67. The summed E-state index contributed by atoms with van der Waals surface area (Å²) >= 11 is 6.26. The second-order valence-electron chi connectivity index (χ2n) is 6.26. The number of hydrogen-bond acceptors (Lipinski definition) is 3. The lowest BCUT2D eigenvalue weighted by Crippen LogP contribution is -2.22.